The Balaban J connectivity index is 1.83. The number of Topliss-reactive ketones (excluding diaryl/α,β-unsaturated/α-hetero) is 1. The number of aryl methyl sites for hydroxylation is 3. The summed E-state index contributed by atoms with van der Waals surface area (Å²) in [4.78, 5) is 20.4. The average Bonchev–Trinajstić information content (AvgIpc) is 2.58. The third-order valence-electron chi connectivity index (χ3n) is 4.06. The van der Waals surface area contributed by atoms with Gasteiger partial charge in [0, 0.05) is 28.7 Å². The number of benzene rings is 2. The Labute approximate surface area is 153 Å². The minimum absolute atomic E-state index is 0.0504. The quantitative estimate of drug-likeness (QED) is 0.630. The molecule has 3 aromatic rings. The summed E-state index contributed by atoms with van der Waals surface area (Å²) in [7, 11) is 0. The van der Waals surface area contributed by atoms with E-state index >= 15 is 0 Å². The summed E-state index contributed by atoms with van der Waals surface area (Å²) in [5, 5.41) is 6.56. The number of hydrogen-bond acceptors (Lipinski definition) is 5. The number of nitrogens with zero attached hydrogens (tertiary/aromatic N) is 2. The summed E-state index contributed by atoms with van der Waals surface area (Å²) < 4.78 is 0. The first kappa shape index (κ1) is 17.6. The van der Waals surface area contributed by atoms with Gasteiger partial charge in [-0.05, 0) is 69.2 Å². The van der Waals surface area contributed by atoms with E-state index in [0.717, 1.165) is 22.6 Å². The Hall–Kier alpha value is -3.21. The summed E-state index contributed by atoms with van der Waals surface area (Å²) in [6, 6.07) is 15.4. The lowest BCUT2D eigenvalue weighted by atomic mass is 10.1. The van der Waals surface area contributed by atoms with Gasteiger partial charge in [0.25, 0.3) is 0 Å². The third-order valence-corrected chi connectivity index (χ3v) is 4.06. The first-order valence-electron chi connectivity index (χ1n) is 8.49. The lowest BCUT2D eigenvalue weighted by Gasteiger charge is -2.12. The molecule has 2 N–H and O–H groups in total. The van der Waals surface area contributed by atoms with Crippen molar-refractivity contribution in [1.29, 1.82) is 0 Å². The highest BCUT2D eigenvalue weighted by molar-refractivity contribution is 5.94. The van der Waals surface area contributed by atoms with Crippen LogP contribution < -0.4 is 10.6 Å². The van der Waals surface area contributed by atoms with Gasteiger partial charge in [0.05, 0.1) is 0 Å². The molecule has 0 aliphatic rings. The highest BCUT2D eigenvalue weighted by Crippen LogP contribution is 2.22. The molecule has 0 saturated heterocycles. The van der Waals surface area contributed by atoms with Gasteiger partial charge in [0.2, 0.25) is 5.95 Å². The number of aromatic nitrogens is 2. The average molecular weight is 346 g/mol. The minimum atomic E-state index is 0.0504. The number of rotatable bonds is 5. The van der Waals surface area contributed by atoms with Crippen molar-refractivity contribution < 1.29 is 4.79 Å². The van der Waals surface area contributed by atoms with Crippen molar-refractivity contribution in [2.24, 2.45) is 0 Å². The van der Waals surface area contributed by atoms with E-state index in [1.807, 2.05) is 32.0 Å². The van der Waals surface area contributed by atoms with Crippen LogP contribution in [0.3, 0.4) is 0 Å². The Morgan fingerprint density at radius 3 is 2.31 bits per heavy atom. The van der Waals surface area contributed by atoms with Gasteiger partial charge in [0.1, 0.15) is 5.82 Å². The Kier molecular flexibility index (Phi) is 4.98. The summed E-state index contributed by atoms with van der Waals surface area (Å²) in [5.41, 5.74) is 5.71. The fourth-order valence-corrected chi connectivity index (χ4v) is 2.62. The van der Waals surface area contributed by atoms with Gasteiger partial charge in [-0.3, -0.25) is 4.79 Å². The molecule has 5 nitrogen and oxygen atoms in total. The number of carbonyl (C=O) groups is 1. The van der Waals surface area contributed by atoms with Gasteiger partial charge in [-0.25, -0.2) is 4.98 Å². The van der Waals surface area contributed by atoms with Gasteiger partial charge in [-0.1, -0.05) is 12.1 Å². The van der Waals surface area contributed by atoms with Crippen LogP contribution in [0.25, 0.3) is 0 Å². The molecular formula is C21H22N4O. The van der Waals surface area contributed by atoms with Crippen molar-refractivity contribution in [3.63, 3.8) is 0 Å². The van der Waals surface area contributed by atoms with Crippen LogP contribution in [0.15, 0.2) is 48.5 Å². The molecule has 132 valence electrons. The van der Waals surface area contributed by atoms with Crippen LogP contribution in [0.5, 0.6) is 0 Å². The molecule has 0 bridgehead atoms. The zero-order valence-corrected chi connectivity index (χ0v) is 15.4. The molecule has 0 radical (unpaired) electrons. The van der Waals surface area contributed by atoms with Crippen LogP contribution in [-0.4, -0.2) is 15.8 Å². The molecule has 0 amide bonds. The standard InChI is InChI=1S/C21H22N4O/c1-13-5-6-14(2)19(11-13)24-21-22-15(3)12-20(25-21)23-18-9-7-17(8-10-18)16(4)26/h5-12H,1-4H3,(H2,22,23,24,25). The largest absolute Gasteiger partial charge is 0.340 e. The predicted octanol–water partition coefficient (Wildman–Crippen LogP) is 5.09. The highest BCUT2D eigenvalue weighted by atomic mass is 16.1. The molecule has 5 heteroatoms. The summed E-state index contributed by atoms with van der Waals surface area (Å²) in [5.74, 6) is 1.29. The fraction of sp³-hybridized carbons (Fsp3) is 0.190. The number of hydrogen-bond donors (Lipinski definition) is 2. The second-order valence-electron chi connectivity index (χ2n) is 6.42. The van der Waals surface area contributed by atoms with Crippen LogP contribution in [0.4, 0.5) is 23.1 Å². The molecule has 26 heavy (non-hydrogen) atoms. The van der Waals surface area contributed by atoms with Crippen molar-refractivity contribution in [2.45, 2.75) is 27.7 Å². The SMILES string of the molecule is CC(=O)c1ccc(Nc2cc(C)nc(Nc3cc(C)ccc3C)n2)cc1. The number of anilines is 4. The van der Waals surface area contributed by atoms with Crippen molar-refractivity contribution in [2.75, 3.05) is 10.6 Å². The monoisotopic (exact) mass is 346 g/mol. The maximum Gasteiger partial charge on any atom is 0.229 e. The van der Waals surface area contributed by atoms with Gasteiger partial charge >= 0.3 is 0 Å². The van der Waals surface area contributed by atoms with E-state index in [0.29, 0.717) is 17.3 Å². The van der Waals surface area contributed by atoms with Gasteiger partial charge in [-0.2, -0.15) is 4.98 Å². The van der Waals surface area contributed by atoms with E-state index in [1.54, 1.807) is 19.1 Å². The van der Waals surface area contributed by atoms with Gasteiger partial charge in [0.15, 0.2) is 5.78 Å². The van der Waals surface area contributed by atoms with E-state index in [2.05, 4.69) is 45.7 Å². The third kappa shape index (κ3) is 4.25. The van der Waals surface area contributed by atoms with Gasteiger partial charge in [-0.15, -0.1) is 0 Å². The van der Waals surface area contributed by atoms with Crippen LogP contribution >= 0.6 is 0 Å². The highest BCUT2D eigenvalue weighted by Gasteiger charge is 2.06. The summed E-state index contributed by atoms with van der Waals surface area (Å²) in [6.45, 7) is 7.59. The number of ketones is 1. The predicted molar refractivity (Wildman–Crippen MR) is 106 cm³/mol. The zero-order valence-electron chi connectivity index (χ0n) is 15.4. The smallest absolute Gasteiger partial charge is 0.229 e. The molecule has 0 fully saturated rings. The van der Waals surface area contributed by atoms with E-state index in [-0.39, 0.29) is 5.78 Å². The summed E-state index contributed by atoms with van der Waals surface area (Å²) in [6.07, 6.45) is 0. The molecule has 2 aromatic carbocycles. The summed E-state index contributed by atoms with van der Waals surface area (Å²) >= 11 is 0. The molecule has 0 saturated carbocycles. The molecule has 1 aromatic heterocycles. The van der Waals surface area contributed by atoms with Crippen LogP contribution in [0.1, 0.15) is 34.1 Å². The van der Waals surface area contributed by atoms with Crippen LogP contribution in [0, 0.1) is 20.8 Å². The second kappa shape index (κ2) is 7.35. The maximum absolute atomic E-state index is 11.4. The normalized spacial score (nSPS) is 10.5. The van der Waals surface area contributed by atoms with Crippen molar-refractivity contribution in [3.05, 3.63) is 70.9 Å². The molecule has 0 atom stereocenters. The van der Waals surface area contributed by atoms with E-state index in [4.69, 9.17) is 0 Å². The minimum Gasteiger partial charge on any atom is -0.340 e. The molecule has 0 unspecified atom stereocenters. The van der Waals surface area contributed by atoms with Crippen molar-refractivity contribution >= 4 is 28.9 Å². The Morgan fingerprint density at radius 1 is 0.885 bits per heavy atom. The molecule has 1 heterocycles. The first-order valence-corrected chi connectivity index (χ1v) is 8.49. The molecule has 3 rings (SSSR count). The number of nitrogens with one attached hydrogen (secondary N) is 2. The number of carbonyl (C=O) groups excluding carboxylic acids is 1. The molecule has 0 aliphatic heterocycles. The molecule has 0 spiro atoms. The Morgan fingerprint density at radius 2 is 1.62 bits per heavy atom. The fourth-order valence-electron chi connectivity index (χ4n) is 2.62. The lowest BCUT2D eigenvalue weighted by Crippen LogP contribution is -2.03. The van der Waals surface area contributed by atoms with E-state index in [1.165, 1.54) is 5.56 Å². The maximum atomic E-state index is 11.4. The van der Waals surface area contributed by atoms with Crippen LogP contribution in [-0.2, 0) is 0 Å². The van der Waals surface area contributed by atoms with E-state index in [9.17, 15) is 4.79 Å². The Bertz CT molecular complexity index is 949. The molecular weight excluding hydrogens is 324 g/mol. The van der Waals surface area contributed by atoms with Crippen molar-refractivity contribution in [3.8, 4) is 0 Å². The zero-order chi connectivity index (χ0) is 18.7. The molecule has 0 aliphatic carbocycles. The van der Waals surface area contributed by atoms with E-state index < -0.39 is 0 Å². The van der Waals surface area contributed by atoms with Gasteiger partial charge < -0.3 is 10.6 Å². The van der Waals surface area contributed by atoms with Crippen LogP contribution in [0.2, 0.25) is 0 Å². The first-order chi connectivity index (χ1) is 12.4. The second-order valence-corrected chi connectivity index (χ2v) is 6.42. The van der Waals surface area contributed by atoms with Crippen molar-refractivity contribution in [1.82, 2.24) is 9.97 Å². The topological polar surface area (TPSA) is 66.9 Å². The lowest BCUT2D eigenvalue weighted by molar-refractivity contribution is 0.101.